The van der Waals surface area contributed by atoms with Crippen molar-refractivity contribution in [1.82, 2.24) is 4.98 Å². The summed E-state index contributed by atoms with van der Waals surface area (Å²) in [5.41, 5.74) is 1.09. The van der Waals surface area contributed by atoms with Crippen molar-refractivity contribution in [3.8, 4) is 0 Å². The molecule has 146 valence electrons. The van der Waals surface area contributed by atoms with Gasteiger partial charge in [-0.1, -0.05) is 0 Å². The van der Waals surface area contributed by atoms with E-state index in [-0.39, 0.29) is 16.4 Å². The van der Waals surface area contributed by atoms with Crippen LogP contribution in [0.25, 0.3) is 0 Å². The molecule has 0 aliphatic carbocycles. The number of rotatable bonds is 4. The van der Waals surface area contributed by atoms with Gasteiger partial charge in [0.2, 0.25) is 10.0 Å². The number of pyridine rings is 1. The molecule has 8 nitrogen and oxygen atoms in total. The minimum atomic E-state index is -3.83. The number of nitrogens with zero attached hydrogens (tertiary/aromatic N) is 2. The van der Waals surface area contributed by atoms with Gasteiger partial charge in [-0.05, 0) is 44.5 Å². The second-order valence-corrected chi connectivity index (χ2v) is 9.48. The summed E-state index contributed by atoms with van der Waals surface area (Å²) in [4.78, 5) is 19.3. The number of nitrogens with two attached hydrogens (primary N) is 1. The molecular formula is C17H22N4O4S2. The Balaban J connectivity index is 1.71. The first-order valence-corrected chi connectivity index (χ1v) is 10.8. The lowest BCUT2D eigenvalue weighted by Gasteiger charge is -2.36. The van der Waals surface area contributed by atoms with Crippen LogP contribution in [0.3, 0.4) is 0 Å². The van der Waals surface area contributed by atoms with Gasteiger partial charge in [-0.2, -0.15) is 0 Å². The van der Waals surface area contributed by atoms with E-state index in [1.165, 1.54) is 6.07 Å². The van der Waals surface area contributed by atoms with E-state index >= 15 is 0 Å². The highest BCUT2D eigenvalue weighted by molar-refractivity contribution is 7.91. The molecule has 0 aromatic carbocycles. The number of morpholine rings is 1. The molecule has 10 heteroatoms. The van der Waals surface area contributed by atoms with Gasteiger partial charge >= 0.3 is 0 Å². The van der Waals surface area contributed by atoms with Gasteiger partial charge in [0.25, 0.3) is 5.91 Å². The van der Waals surface area contributed by atoms with E-state index in [9.17, 15) is 13.2 Å². The Labute approximate surface area is 162 Å². The van der Waals surface area contributed by atoms with Crippen molar-refractivity contribution in [2.75, 3.05) is 23.3 Å². The molecule has 1 amide bonds. The number of anilines is 2. The molecule has 3 N–H and O–H groups in total. The smallest absolute Gasteiger partial charge is 0.266 e. The standard InChI is InChI=1S/C17H22N4O4S2/c1-10-6-15(27(18,23)24)26-16(10)17(22)20-13-4-5-14(19-7-13)21-8-11(2)25-12(3)9-21/h4-7,11-12H,8-9H2,1-3H3,(H,20,22)(H2,18,23,24). The molecule has 1 aliphatic heterocycles. The Bertz CT molecular complexity index is 930. The van der Waals surface area contributed by atoms with Gasteiger partial charge in [-0.15, -0.1) is 11.3 Å². The number of amides is 1. The number of primary sulfonamides is 1. The minimum absolute atomic E-state index is 0.0332. The van der Waals surface area contributed by atoms with Crippen LogP contribution >= 0.6 is 11.3 Å². The van der Waals surface area contributed by atoms with Gasteiger partial charge in [0.15, 0.2) is 0 Å². The fourth-order valence-corrected chi connectivity index (χ4v) is 4.87. The molecule has 0 saturated carbocycles. The second-order valence-electron chi connectivity index (χ2n) is 6.64. The third kappa shape index (κ3) is 4.64. The van der Waals surface area contributed by atoms with E-state index < -0.39 is 15.9 Å². The van der Waals surface area contributed by atoms with Crippen LogP contribution < -0.4 is 15.4 Å². The maximum Gasteiger partial charge on any atom is 0.266 e. The van der Waals surface area contributed by atoms with Crippen molar-refractivity contribution >= 4 is 38.8 Å². The predicted octanol–water partition coefficient (Wildman–Crippen LogP) is 1.96. The van der Waals surface area contributed by atoms with Gasteiger partial charge in [0, 0.05) is 13.1 Å². The zero-order valence-electron chi connectivity index (χ0n) is 15.3. The number of carbonyl (C=O) groups is 1. The summed E-state index contributed by atoms with van der Waals surface area (Å²) in [5, 5.41) is 7.87. The maximum atomic E-state index is 12.5. The van der Waals surface area contributed by atoms with Crippen LogP contribution in [0.4, 0.5) is 11.5 Å². The van der Waals surface area contributed by atoms with Crippen molar-refractivity contribution in [3.05, 3.63) is 34.8 Å². The number of hydrogen-bond donors (Lipinski definition) is 2. The summed E-state index contributed by atoms with van der Waals surface area (Å²) in [5.74, 6) is 0.425. The SMILES string of the molecule is Cc1cc(S(N)(=O)=O)sc1C(=O)Nc1ccc(N2CC(C)OC(C)C2)nc1. The van der Waals surface area contributed by atoms with E-state index in [1.54, 1.807) is 19.2 Å². The summed E-state index contributed by atoms with van der Waals surface area (Å²) in [7, 11) is -3.83. The van der Waals surface area contributed by atoms with Gasteiger partial charge in [0.1, 0.15) is 10.0 Å². The lowest BCUT2D eigenvalue weighted by Crippen LogP contribution is -2.45. The van der Waals surface area contributed by atoms with E-state index in [1.807, 2.05) is 19.9 Å². The highest BCUT2D eigenvalue weighted by Crippen LogP contribution is 2.26. The molecule has 3 rings (SSSR count). The molecule has 2 unspecified atom stereocenters. The monoisotopic (exact) mass is 410 g/mol. The Morgan fingerprint density at radius 1 is 1.33 bits per heavy atom. The average molecular weight is 411 g/mol. The molecule has 2 aromatic rings. The Morgan fingerprint density at radius 2 is 2.00 bits per heavy atom. The highest BCUT2D eigenvalue weighted by Gasteiger charge is 2.23. The Kier molecular flexibility index (Phi) is 5.52. The summed E-state index contributed by atoms with van der Waals surface area (Å²) >= 11 is 0.853. The predicted molar refractivity (Wildman–Crippen MR) is 105 cm³/mol. The summed E-state index contributed by atoms with van der Waals surface area (Å²) in [6.07, 6.45) is 1.84. The van der Waals surface area contributed by atoms with Crippen LogP contribution in [0.5, 0.6) is 0 Å². The van der Waals surface area contributed by atoms with Crippen LogP contribution in [0.1, 0.15) is 29.1 Å². The van der Waals surface area contributed by atoms with Crippen LogP contribution in [0, 0.1) is 6.92 Å². The van der Waals surface area contributed by atoms with Crippen molar-refractivity contribution in [3.63, 3.8) is 0 Å². The third-order valence-corrected chi connectivity index (χ3v) is 6.79. The number of thiophene rings is 1. The van der Waals surface area contributed by atoms with Crippen LogP contribution in [0.15, 0.2) is 28.6 Å². The fourth-order valence-electron chi connectivity index (χ4n) is 3.02. The molecule has 1 fully saturated rings. The number of aromatic nitrogens is 1. The lowest BCUT2D eigenvalue weighted by atomic mass is 10.2. The molecular weight excluding hydrogens is 388 g/mol. The molecule has 27 heavy (non-hydrogen) atoms. The molecule has 3 heterocycles. The van der Waals surface area contributed by atoms with Crippen LogP contribution in [-0.2, 0) is 14.8 Å². The van der Waals surface area contributed by atoms with Crippen molar-refractivity contribution < 1.29 is 17.9 Å². The Morgan fingerprint density at radius 3 is 2.52 bits per heavy atom. The zero-order valence-corrected chi connectivity index (χ0v) is 16.9. The number of ether oxygens (including phenoxy) is 1. The Hall–Kier alpha value is -2.01. The quantitative estimate of drug-likeness (QED) is 0.796. The first kappa shape index (κ1) is 19.7. The molecule has 0 spiro atoms. The van der Waals surface area contributed by atoms with Crippen molar-refractivity contribution in [2.24, 2.45) is 5.14 Å². The zero-order chi connectivity index (χ0) is 19.8. The first-order chi connectivity index (χ1) is 12.6. The topological polar surface area (TPSA) is 115 Å². The number of aryl methyl sites for hydroxylation is 1. The fraction of sp³-hybridized carbons (Fsp3) is 0.412. The van der Waals surface area contributed by atoms with Crippen molar-refractivity contribution in [1.29, 1.82) is 0 Å². The number of hydrogen-bond acceptors (Lipinski definition) is 7. The van der Waals surface area contributed by atoms with Crippen LogP contribution in [0.2, 0.25) is 0 Å². The summed E-state index contributed by atoms with van der Waals surface area (Å²) in [6.45, 7) is 7.23. The first-order valence-electron chi connectivity index (χ1n) is 8.44. The normalized spacial score (nSPS) is 20.5. The maximum absolute atomic E-state index is 12.5. The van der Waals surface area contributed by atoms with Gasteiger partial charge < -0.3 is 15.0 Å². The number of nitrogens with one attached hydrogen (secondary N) is 1. The van der Waals surface area contributed by atoms with E-state index in [0.29, 0.717) is 16.1 Å². The number of carbonyl (C=O) groups excluding carboxylic acids is 1. The number of sulfonamides is 1. The third-order valence-electron chi connectivity index (χ3n) is 4.13. The molecule has 1 saturated heterocycles. The van der Waals surface area contributed by atoms with Gasteiger partial charge in [0.05, 0.1) is 29.0 Å². The summed E-state index contributed by atoms with van der Waals surface area (Å²) in [6, 6.07) is 5.02. The second kappa shape index (κ2) is 7.55. The van der Waals surface area contributed by atoms with E-state index in [4.69, 9.17) is 9.88 Å². The van der Waals surface area contributed by atoms with Gasteiger partial charge in [-0.25, -0.2) is 18.5 Å². The molecule has 0 radical (unpaired) electrons. The average Bonchev–Trinajstić information content (AvgIpc) is 2.97. The lowest BCUT2D eigenvalue weighted by molar-refractivity contribution is -0.00545. The van der Waals surface area contributed by atoms with Crippen molar-refractivity contribution in [2.45, 2.75) is 37.2 Å². The summed E-state index contributed by atoms with van der Waals surface area (Å²) < 4.78 is 28.6. The largest absolute Gasteiger partial charge is 0.372 e. The minimum Gasteiger partial charge on any atom is -0.372 e. The molecule has 0 bridgehead atoms. The molecule has 2 atom stereocenters. The van der Waals surface area contributed by atoms with E-state index in [2.05, 4.69) is 15.2 Å². The molecule has 1 aliphatic rings. The van der Waals surface area contributed by atoms with E-state index in [0.717, 1.165) is 30.2 Å². The highest BCUT2D eigenvalue weighted by atomic mass is 32.2. The molecule has 2 aromatic heterocycles. The van der Waals surface area contributed by atoms with Gasteiger partial charge in [-0.3, -0.25) is 4.79 Å². The van der Waals surface area contributed by atoms with Crippen LogP contribution in [-0.4, -0.2) is 44.6 Å².